The minimum atomic E-state index is -0.397. The van der Waals surface area contributed by atoms with E-state index in [0.717, 1.165) is 0 Å². The SMILES string of the molecule is N#Cc1ccc(N2CCC(C(N)=O)CC2)c(F)c1. The Morgan fingerprint density at radius 3 is 2.61 bits per heavy atom. The van der Waals surface area contributed by atoms with Crippen LogP contribution in [0.1, 0.15) is 18.4 Å². The Morgan fingerprint density at radius 1 is 1.44 bits per heavy atom. The first kappa shape index (κ1) is 12.4. The molecule has 0 aromatic heterocycles. The number of halogens is 1. The highest BCUT2D eigenvalue weighted by Gasteiger charge is 2.24. The largest absolute Gasteiger partial charge is 0.369 e. The van der Waals surface area contributed by atoms with Gasteiger partial charge in [-0.25, -0.2) is 4.39 Å². The number of rotatable bonds is 2. The molecule has 0 saturated carbocycles. The minimum Gasteiger partial charge on any atom is -0.369 e. The number of hydrogen-bond donors (Lipinski definition) is 1. The van der Waals surface area contributed by atoms with Crippen LogP contribution in [0.3, 0.4) is 0 Å². The summed E-state index contributed by atoms with van der Waals surface area (Å²) in [6.07, 6.45) is 1.30. The van der Waals surface area contributed by atoms with Gasteiger partial charge in [-0.1, -0.05) is 0 Å². The fourth-order valence-corrected chi connectivity index (χ4v) is 2.24. The highest BCUT2D eigenvalue weighted by atomic mass is 19.1. The monoisotopic (exact) mass is 247 g/mol. The lowest BCUT2D eigenvalue weighted by atomic mass is 9.96. The molecule has 1 heterocycles. The number of hydrogen-bond acceptors (Lipinski definition) is 3. The third-order valence-corrected chi connectivity index (χ3v) is 3.31. The first-order valence-electron chi connectivity index (χ1n) is 5.85. The highest BCUT2D eigenvalue weighted by Crippen LogP contribution is 2.26. The number of nitrogens with zero attached hydrogens (tertiary/aromatic N) is 2. The van der Waals surface area contributed by atoms with Crippen LogP contribution in [0.15, 0.2) is 18.2 Å². The van der Waals surface area contributed by atoms with Crippen LogP contribution in [0.25, 0.3) is 0 Å². The number of carbonyl (C=O) groups excluding carboxylic acids is 1. The van der Waals surface area contributed by atoms with Gasteiger partial charge < -0.3 is 10.6 Å². The number of carbonyl (C=O) groups is 1. The average molecular weight is 247 g/mol. The van der Waals surface area contributed by atoms with Crippen molar-refractivity contribution in [3.05, 3.63) is 29.6 Å². The summed E-state index contributed by atoms with van der Waals surface area (Å²) < 4.78 is 13.8. The Hall–Kier alpha value is -2.09. The van der Waals surface area contributed by atoms with Crippen molar-refractivity contribution in [2.75, 3.05) is 18.0 Å². The number of piperidine rings is 1. The van der Waals surface area contributed by atoms with Gasteiger partial charge >= 0.3 is 0 Å². The van der Waals surface area contributed by atoms with Crippen LogP contribution in [0.5, 0.6) is 0 Å². The lowest BCUT2D eigenvalue weighted by molar-refractivity contribution is -0.122. The molecule has 0 atom stereocenters. The summed E-state index contributed by atoms with van der Waals surface area (Å²) in [6.45, 7) is 1.22. The fraction of sp³-hybridized carbons (Fsp3) is 0.385. The number of nitrogens with two attached hydrogens (primary N) is 1. The molecule has 1 aromatic carbocycles. The van der Waals surface area contributed by atoms with Crippen LogP contribution >= 0.6 is 0 Å². The van der Waals surface area contributed by atoms with Crippen molar-refractivity contribution in [2.24, 2.45) is 11.7 Å². The average Bonchev–Trinajstić information content (AvgIpc) is 2.38. The predicted molar refractivity (Wildman–Crippen MR) is 65.2 cm³/mol. The van der Waals surface area contributed by atoms with Gasteiger partial charge in [-0.3, -0.25) is 4.79 Å². The molecule has 0 bridgehead atoms. The normalized spacial score (nSPS) is 16.3. The molecule has 1 amide bonds. The fourth-order valence-electron chi connectivity index (χ4n) is 2.24. The molecule has 1 aromatic rings. The summed E-state index contributed by atoms with van der Waals surface area (Å²) in [6, 6.07) is 6.34. The number of primary amides is 1. The summed E-state index contributed by atoms with van der Waals surface area (Å²) in [5.41, 5.74) is 6.04. The van der Waals surface area contributed by atoms with Gasteiger partial charge in [0.25, 0.3) is 0 Å². The molecular formula is C13H14FN3O. The predicted octanol–water partition coefficient (Wildman–Crippen LogP) is 1.40. The van der Waals surface area contributed by atoms with E-state index in [1.807, 2.05) is 11.0 Å². The molecule has 1 aliphatic heterocycles. The molecule has 2 rings (SSSR count). The maximum atomic E-state index is 13.8. The quantitative estimate of drug-likeness (QED) is 0.858. The molecular weight excluding hydrogens is 233 g/mol. The van der Waals surface area contributed by atoms with Crippen LogP contribution in [0, 0.1) is 23.1 Å². The zero-order valence-electron chi connectivity index (χ0n) is 9.90. The third kappa shape index (κ3) is 2.43. The second-order valence-electron chi connectivity index (χ2n) is 4.44. The Labute approximate surface area is 105 Å². The van der Waals surface area contributed by atoms with Gasteiger partial charge in [0, 0.05) is 19.0 Å². The lowest BCUT2D eigenvalue weighted by Gasteiger charge is -2.32. The lowest BCUT2D eigenvalue weighted by Crippen LogP contribution is -2.38. The second kappa shape index (κ2) is 5.05. The van der Waals surface area contributed by atoms with Crippen molar-refractivity contribution in [1.29, 1.82) is 5.26 Å². The molecule has 0 radical (unpaired) electrons. The maximum absolute atomic E-state index is 13.8. The Balaban J connectivity index is 2.10. The van der Waals surface area contributed by atoms with Crippen molar-refractivity contribution in [2.45, 2.75) is 12.8 Å². The molecule has 5 heteroatoms. The number of nitriles is 1. The second-order valence-corrected chi connectivity index (χ2v) is 4.44. The maximum Gasteiger partial charge on any atom is 0.220 e. The molecule has 18 heavy (non-hydrogen) atoms. The van der Waals surface area contributed by atoms with E-state index in [1.54, 1.807) is 12.1 Å². The van der Waals surface area contributed by atoms with Gasteiger partial charge in [0.2, 0.25) is 5.91 Å². The number of anilines is 1. The van der Waals surface area contributed by atoms with E-state index in [-0.39, 0.29) is 11.8 Å². The van der Waals surface area contributed by atoms with Gasteiger partial charge in [-0.2, -0.15) is 5.26 Å². The molecule has 1 fully saturated rings. The minimum absolute atomic E-state index is 0.109. The first-order chi connectivity index (χ1) is 8.61. The molecule has 1 saturated heterocycles. The third-order valence-electron chi connectivity index (χ3n) is 3.31. The Kier molecular flexibility index (Phi) is 3.47. The van der Waals surface area contributed by atoms with Gasteiger partial charge in [0.1, 0.15) is 5.82 Å². The van der Waals surface area contributed by atoms with E-state index in [4.69, 9.17) is 11.0 Å². The summed E-state index contributed by atoms with van der Waals surface area (Å²) in [4.78, 5) is 12.9. The number of benzene rings is 1. The van der Waals surface area contributed by atoms with Crippen LogP contribution in [0.4, 0.5) is 10.1 Å². The molecule has 2 N–H and O–H groups in total. The molecule has 0 aliphatic carbocycles. The van der Waals surface area contributed by atoms with Crippen molar-refractivity contribution in [1.82, 2.24) is 0 Å². The van der Waals surface area contributed by atoms with Crippen LogP contribution in [-0.4, -0.2) is 19.0 Å². The van der Waals surface area contributed by atoms with E-state index in [2.05, 4.69) is 0 Å². The standard InChI is InChI=1S/C13H14FN3O/c14-11-7-9(8-15)1-2-12(11)17-5-3-10(4-6-17)13(16)18/h1-2,7,10H,3-6H2,(H2,16,18). The van der Waals surface area contributed by atoms with Gasteiger partial charge in [-0.05, 0) is 31.0 Å². The molecule has 1 aliphatic rings. The highest BCUT2D eigenvalue weighted by molar-refractivity contribution is 5.77. The van der Waals surface area contributed by atoms with Crippen molar-refractivity contribution < 1.29 is 9.18 Å². The summed E-state index contributed by atoms with van der Waals surface area (Å²) in [7, 11) is 0. The van der Waals surface area contributed by atoms with Crippen LogP contribution in [-0.2, 0) is 4.79 Å². The van der Waals surface area contributed by atoms with E-state index < -0.39 is 5.82 Å². The summed E-state index contributed by atoms with van der Waals surface area (Å²) >= 11 is 0. The van der Waals surface area contributed by atoms with E-state index >= 15 is 0 Å². The number of amides is 1. The molecule has 0 unspecified atom stereocenters. The zero-order valence-corrected chi connectivity index (χ0v) is 9.90. The van der Waals surface area contributed by atoms with Crippen molar-refractivity contribution >= 4 is 11.6 Å². The van der Waals surface area contributed by atoms with Gasteiger partial charge in [0.05, 0.1) is 17.3 Å². The van der Waals surface area contributed by atoms with Crippen LogP contribution < -0.4 is 10.6 Å². The van der Waals surface area contributed by atoms with Gasteiger partial charge in [-0.15, -0.1) is 0 Å². The van der Waals surface area contributed by atoms with Crippen molar-refractivity contribution in [3.8, 4) is 6.07 Å². The smallest absolute Gasteiger partial charge is 0.220 e. The Bertz CT molecular complexity index is 501. The van der Waals surface area contributed by atoms with E-state index in [1.165, 1.54) is 6.07 Å². The molecule has 0 spiro atoms. The van der Waals surface area contributed by atoms with E-state index in [9.17, 15) is 9.18 Å². The summed E-state index contributed by atoms with van der Waals surface area (Å²) in [5, 5.41) is 8.68. The topological polar surface area (TPSA) is 70.1 Å². The Morgan fingerprint density at radius 2 is 2.11 bits per heavy atom. The molecule has 94 valence electrons. The van der Waals surface area contributed by atoms with Gasteiger partial charge in [0.15, 0.2) is 0 Å². The first-order valence-corrected chi connectivity index (χ1v) is 5.85. The zero-order chi connectivity index (χ0) is 13.1. The van der Waals surface area contributed by atoms with Crippen LogP contribution in [0.2, 0.25) is 0 Å². The summed E-state index contributed by atoms with van der Waals surface area (Å²) in [5.74, 6) is -0.788. The molecule has 4 nitrogen and oxygen atoms in total. The van der Waals surface area contributed by atoms with E-state index in [0.29, 0.717) is 37.2 Å². The van der Waals surface area contributed by atoms with Crippen molar-refractivity contribution in [3.63, 3.8) is 0 Å².